The minimum Gasteiger partial charge on any atom is -0.368 e. The lowest BCUT2D eigenvalue weighted by Crippen LogP contribution is -2.46. The molecule has 1 amide bonds. The third kappa shape index (κ3) is 3.45. The van der Waals surface area contributed by atoms with Crippen LogP contribution < -0.4 is 20.9 Å². The second-order valence-corrected chi connectivity index (χ2v) is 8.20. The van der Waals surface area contributed by atoms with E-state index in [1.807, 2.05) is 22.9 Å². The molecular weight excluding hydrogens is 380 g/mol. The Morgan fingerprint density at radius 2 is 2.00 bits per heavy atom. The monoisotopic (exact) mass is 406 g/mol. The van der Waals surface area contributed by atoms with Gasteiger partial charge in [-0.15, -0.1) is 0 Å². The van der Waals surface area contributed by atoms with Crippen LogP contribution in [-0.2, 0) is 6.54 Å². The van der Waals surface area contributed by atoms with Crippen LogP contribution >= 0.6 is 0 Å². The number of carbonyl (C=O) groups excluding carboxylic acids is 1. The van der Waals surface area contributed by atoms with Crippen LogP contribution in [0.2, 0.25) is 0 Å². The number of nitrogens with zero attached hydrogens (tertiary/aromatic N) is 5. The van der Waals surface area contributed by atoms with Gasteiger partial charge < -0.3 is 25.4 Å². The fraction of sp³-hybridized carbons (Fsp3) is 0.429. The number of amides is 1. The molecule has 3 aromatic rings. The molecule has 2 aliphatic rings. The van der Waals surface area contributed by atoms with Crippen molar-refractivity contribution >= 4 is 34.4 Å². The number of fused-ring (bicyclic) bond motifs is 3. The Hall–Kier alpha value is -3.20. The van der Waals surface area contributed by atoms with Gasteiger partial charge in [0.2, 0.25) is 5.95 Å². The summed E-state index contributed by atoms with van der Waals surface area (Å²) in [4.78, 5) is 28.4. The van der Waals surface area contributed by atoms with Gasteiger partial charge in [-0.3, -0.25) is 4.79 Å². The molecule has 30 heavy (non-hydrogen) atoms. The summed E-state index contributed by atoms with van der Waals surface area (Å²) in [7, 11) is 0. The molecule has 0 spiro atoms. The molecule has 9 nitrogen and oxygen atoms in total. The van der Waals surface area contributed by atoms with E-state index in [9.17, 15) is 4.79 Å². The van der Waals surface area contributed by atoms with E-state index in [-0.39, 0.29) is 11.9 Å². The predicted octanol–water partition coefficient (Wildman–Crippen LogP) is 1.75. The van der Waals surface area contributed by atoms with Crippen LogP contribution in [0.3, 0.4) is 0 Å². The van der Waals surface area contributed by atoms with Crippen molar-refractivity contribution in [3.63, 3.8) is 0 Å². The zero-order chi connectivity index (χ0) is 20.7. The maximum Gasteiger partial charge on any atom is 0.268 e. The van der Waals surface area contributed by atoms with Crippen molar-refractivity contribution in [1.29, 1.82) is 0 Å². The first-order valence-corrected chi connectivity index (χ1v) is 10.4. The molecule has 0 saturated carbocycles. The van der Waals surface area contributed by atoms with Crippen LogP contribution in [0.25, 0.3) is 11.0 Å². The summed E-state index contributed by atoms with van der Waals surface area (Å²) in [6.45, 7) is 8.88. The molecule has 1 saturated heterocycles. The Bertz CT molecular complexity index is 1070. The molecule has 3 N–H and O–H groups in total. The van der Waals surface area contributed by atoms with Gasteiger partial charge in [-0.2, -0.15) is 4.98 Å². The standard InChI is InChI=1S/C21H26N8O/c1-13(2)16-12-29-17(20(30)25-16)9-14-10-24-21(27-19(14)29)26-18-4-3-15(11-23-18)28-7-5-22-6-8-28/h3-4,9-11,13,16,22H,5-8,12H2,1-2H3,(H,25,30)(H,23,24,26,27)/t16-/m1/s1. The lowest BCUT2D eigenvalue weighted by Gasteiger charge is -2.29. The Kier molecular flexibility index (Phi) is 4.74. The molecule has 0 unspecified atom stereocenters. The summed E-state index contributed by atoms with van der Waals surface area (Å²) in [6, 6.07) is 5.95. The summed E-state index contributed by atoms with van der Waals surface area (Å²) in [5.74, 6) is 1.45. The first-order valence-electron chi connectivity index (χ1n) is 10.4. The van der Waals surface area contributed by atoms with Gasteiger partial charge in [0.1, 0.15) is 17.2 Å². The molecule has 1 fully saturated rings. The van der Waals surface area contributed by atoms with Crippen molar-refractivity contribution in [2.75, 3.05) is 36.4 Å². The van der Waals surface area contributed by atoms with Gasteiger partial charge in [-0.1, -0.05) is 13.8 Å². The average Bonchev–Trinajstić information content (AvgIpc) is 3.14. The van der Waals surface area contributed by atoms with Crippen LogP contribution in [0.15, 0.2) is 30.6 Å². The molecule has 2 aliphatic heterocycles. The van der Waals surface area contributed by atoms with E-state index < -0.39 is 0 Å². The largest absolute Gasteiger partial charge is 0.368 e. The van der Waals surface area contributed by atoms with Gasteiger partial charge in [0.05, 0.1) is 11.9 Å². The fourth-order valence-corrected chi connectivity index (χ4v) is 4.02. The van der Waals surface area contributed by atoms with E-state index in [1.165, 1.54) is 0 Å². The molecule has 3 aromatic heterocycles. The third-order valence-corrected chi connectivity index (χ3v) is 5.84. The highest BCUT2D eigenvalue weighted by atomic mass is 16.2. The number of hydrogen-bond donors (Lipinski definition) is 3. The summed E-state index contributed by atoms with van der Waals surface area (Å²) < 4.78 is 1.99. The Balaban J connectivity index is 1.39. The fourth-order valence-electron chi connectivity index (χ4n) is 4.02. The van der Waals surface area contributed by atoms with Crippen molar-refractivity contribution in [3.8, 4) is 0 Å². The van der Waals surface area contributed by atoms with Gasteiger partial charge in [-0.05, 0) is 24.1 Å². The molecule has 0 aromatic carbocycles. The number of piperazine rings is 1. The van der Waals surface area contributed by atoms with Crippen LogP contribution in [0.4, 0.5) is 17.5 Å². The van der Waals surface area contributed by atoms with Crippen LogP contribution in [0, 0.1) is 5.92 Å². The predicted molar refractivity (Wildman–Crippen MR) is 116 cm³/mol. The molecular formula is C21H26N8O. The number of hydrogen-bond acceptors (Lipinski definition) is 7. The number of anilines is 3. The lowest BCUT2D eigenvalue weighted by molar-refractivity contribution is 0.0885. The molecule has 156 valence electrons. The number of carbonyl (C=O) groups is 1. The summed E-state index contributed by atoms with van der Waals surface area (Å²) in [5, 5.41) is 10.5. The topological polar surface area (TPSA) is 100 Å². The van der Waals surface area contributed by atoms with Crippen molar-refractivity contribution in [2.24, 2.45) is 5.92 Å². The molecule has 5 rings (SSSR count). The highest BCUT2D eigenvalue weighted by molar-refractivity contribution is 5.98. The van der Waals surface area contributed by atoms with Crippen molar-refractivity contribution in [2.45, 2.75) is 26.4 Å². The van der Waals surface area contributed by atoms with E-state index in [4.69, 9.17) is 0 Å². The SMILES string of the molecule is CC(C)[C@H]1Cn2c(cc3cnc(Nc4ccc(N5CCNCC5)cn4)nc32)C(=O)N1. The third-order valence-electron chi connectivity index (χ3n) is 5.84. The second kappa shape index (κ2) is 7.56. The highest BCUT2D eigenvalue weighted by Gasteiger charge is 2.28. The van der Waals surface area contributed by atoms with Gasteiger partial charge in [0.25, 0.3) is 5.91 Å². The van der Waals surface area contributed by atoms with Gasteiger partial charge >= 0.3 is 0 Å². The molecule has 0 bridgehead atoms. The Morgan fingerprint density at radius 1 is 1.17 bits per heavy atom. The van der Waals surface area contributed by atoms with E-state index in [2.05, 4.69) is 55.7 Å². The zero-order valence-corrected chi connectivity index (χ0v) is 17.2. The molecule has 9 heteroatoms. The molecule has 0 radical (unpaired) electrons. The number of pyridine rings is 1. The van der Waals surface area contributed by atoms with E-state index in [1.54, 1.807) is 6.20 Å². The van der Waals surface area contributed by atoms with Crippen molar-refractivity contribution in [3.05, 3.63) is 36.3 Å². The molecule has 1 atom stereocenters. The number of nitrogens with one attached hydrogen (secondary N) is 3. The van der Waals surface area contributed by atoms with Crippen LogP contribution in [-0.4, -0.2) is 57.6 Å². The Labute approximate surface area is 174 Å². The minimum absolute atomic E-state index is 0.0578. The van der Waals surface area contributed by atoms with E-state index >= 15 is 0 Å². The van der Waals surface area contributed by atoms with Crippen molar-refractivity contribution in [1.82, 2.24) is 30.2 Å². The zero-order valence-electron chi connectivity index (χ0n) is 17.2. The first kappa shape index (κ1) is 18.8. The van der Waals surface area contributed by atoms with E-state index in [0.717, 1.165) is 42.9 Å². The lowest BCUT2D eigenvalue weighted by atomic mass is 10.0. The van der Waals surface area contributed by atoms with Gasteiger partial charge in [0.15, 0.2) is 0 Å². The van der Waals surface area contributed by atoms with Crippen molar-refractivity contribution < 1.29 is 4.79 Å². The normalized spacial score (nSPS) is 19.1. The van der Waals surface area contributed by atoms with Gasteiger partial charge in [-0.25, -0.2) is 9.97 Å². The molecule has 5 heterocycles. The minimum atomic E-state index is -0.0578. The first-order chi connectivity index (χ1) is 14.6. The quantitative estimate of drug-likeness (QED) is 0.607. The van der Waals surface area contributed by atoms with Crippen LogP contribution in [0.5, 0.6) is 0 Å². The maximum atomic E-state index is 12.5. The number of aromatic nitrogens is 4. The summed E-state index contributed by atoms with van der Waals surface area (Å²) >= 11 is 0. The second-order valence-electron chi connectivity index (χ2n) is 8.20. The van der Waals surface area contributed by atoms with E-state index in [0.29, 0.717) is 29.9 Å². The number of rotatable bonds is 4. The summed E-state index contributed by atoms with van der Waals surface area (Å²) in [6.07, 6.45) is 3.63. The average molecular weight is 406 g/mol. The molecule has 0 aliphatic carbocycles. The Morgan fingerprint density at radius 3 is 2.73 bits per heavy atom. The smallest absolute Gasteiger partial charge is 0.268 e. The summed E-state index contributed by atoms with van der Waals surface area (Å²) in [5.41, 5.74) is 2.51. The highest BCUT2D eigenvalue weighted by Crippen LogP contribution is 2.25. The van der Waals surface area contributed by atoms with Crippen LogP contribution in [0.1, 0.15) is 24.3 Å². The van der Waals surface area contributed by atoms with Gasteiger partial charge in [0, 0.05) is 50.3 Å². The maximum absolute atomic E-state index is 12.5.